The summed E-state index contributed by atoms with van der Waals surface area (Å²) in [5, 5.41) is 8.90. The van der Waals surface area contributed by atoms with Gasteiger partial charge in [-0.15, -0.1) is 10.2 Å². The van der Waals surface area contributed by atoms with Crippen molar-refractivity contribution in [1.82, 2.24) is 14.8 Å². The van der Waals surface area contributed by atoms with Crippen LogP contribution in [0.5, 0.6) is 5.75 Å². The van der Waals surface area contributed by atoms with Gasteiger partial charge in [-0.2, -0.15) is 0 Å². The van der Waals surface area contributed by atoms with Crippen LogP contribution >= 0.6 is 0 Å². The molecule has 2 aromatic carbocycles. The molecule has 0 aliphatic heterocycles. The Morgan fingerprint density at radius 2 is 1.86 bits per heavy atom. The van der Waals surface area contributed by atoms with Crippen molar-refractivity contribution in [3.05, 3.63) is 66.2 Å². The lowest BCUT2D eigenvalue weighted by atomic mass is 10.2. The first-order chi connectivity index (χ1) is 13.6. The van der Waals surface area contributed by atoms with E-state index in [9.17, 15) is 4.79 Å². The van der Waals surface area contributed by atoms with Crippen molar-refractivity contribution in [2.75, 3.05) is 7.11 Å². The number of hydrogen-bond donors (Lipinski definition) is 0. The number of nitrogens with zero attached hydrogens (tertiary/aromatic N) is 3. The highest BCUT2D eigenvalue weighted by atomic mass is 16.6. The molecular formula is C21H19N3O4. The van der Waals surface area contributed by atoms with E-state index in [4.69, 9.17) is 13.9 Å². The summed E-state index contributed by atoms with van der Waals surface area (Å²) in [5.41, 5.74) is 2.22. The van der Waals surface area contributed by atoms with Crippen molar-refractivity contribution in [3.8, 4) is 17.2 Å². The lowest BCUT2D eigenvalue weighted by Crippen LogP contribution is -2.09. The third-order valence-corrected chi connectivity index (χ3v) is 4.53. The highest BCUT2D eigenvalue weighted by Gasteiger charge is 2.22. The van der Waals surface area contributed by atoms with Crippen LogP contribution in [0.2, 0.25) is 0 Å². The minimum absolute atomic E-state index is 0.236. The summed E-state index contributed by atoms with van der Waals surface area (Å²) in [5.74, 6) is 0.888. The van der Waals surface area contributed by atoms with Gasteiger partial charge in [0.15, 0.2) is 6.10 Å². The van der Waals surface area contributed by atoms with Crippen molar-refractivity contribution in [2.45, 2.75) is 13.0 Å². The maximum absolute atomic E-state index is 12.7. The number of rotatable bonds is 5. The highest BCUT2D eigenvalue weighted by Crippen LogP contribution is 2.26. The quantitative estimate of drug-likeness (QED) is 0.486. The molecule has 4 rings (SSSR count). The van der Waals surface area contributed by atoms with Gasteiger partial charge in [-0.1, -0.05) is 18.2 Å². The van der Waals surface area contributed by atoms with E-state index in [2.05, 4.69) is 10.2 Å². The van der Waals surface area contributed by atoms with E-state index in [1.165, 1.54) is 0 Å². The van der Waals surface area contributed by atoms with Gasteiger partial charge >= 0.3 is 5.97 Å². The summed E-state index contributed by atoms with van der Waals surface area (Å²) in [6.45, 7) is 1.70. The third kappa shape index (κ3) is 3.22. The number of carbonyl (C=O) groups is 1. The fraction of sp³-hybridized carbons (Fsp3) is 0.190. The third-order valence-electron chi connectivity index (χ3n) is 4.53. The van der Waals surface area contributed by atoms with Crippen LogP contribution in [0.3, 0.4) is 0 Å². The molecule has 0 aliphatic rings. The van der Waals surface area contributed by atoms with Crippen molar-refractivity contribution < 1.29 is 18.7 Å². The zero-order valence-corrected chi connectivity index (χ0v) is 15.7. The number of para-hydroxylation sites is 1. The van der Waals surface area contributed by atoms with Crippen LogP contribution in [0.25, 0.3) is 22.4 Å². The molecule has 2 aromatic heterocycles. The van der Waals surface area contributed by atoms with Crippen molar-refractivity contribution >= 4 is 16.9 Å². The van der Waals surface area contributed by atoms with E-state index >= 15 is 0 Å². The molecule has 0 spiro atoms. The van der Waals surface area contributed by atoms with Crippen LogP contribution in [0, 0.1) is 0 Å². The number of benzene rings is 2. The molecule has 0 fully saturated rings. The molecule has 1 unspecified atom stereocenters. The summed E-state index contributed by atoms with van der Waals surface area (Å²) >= 11 is 0. The van der Waals surface area contributed by atoms with E-state index in [0.717, 1.165) is 22.2 Å². The highest BCUT2D eigenvalue weighted by molar-refractivity contribution is 6.04. The minimum Gasteiger partial charge on any atom is -0.497 e. The van der Waals surface area contributed by atoms with E-state index < -0.39 is 12.1 Å². The second kappa shape index (κ2) is 7.19. The average molecular weight is 377 g/mol. The van der Waals surface area contributed by atoms with E-state index in [-0.39, 0.29) is 5.89 Å². The summed E-state index contributed by atoms with van der Waals surface area (Å²) in [4.78, 5) is 12.7. The van der Waals surface area contributed by atoms with Gasteiger partial charge in [-0.25, -0.2) is 4.79 Å². The Hall–Kier alpha value is -3.61. The Balaban J connectivity index is 1.52. The normalized spacial score (nSPS) is 12.1. The molecule has 0 amide bonds. The predicted molar refractivity (Wildman–Crippen MR) is 103 cm³/mol. The Labute approximate surface area is 161 Å². The standard InChI is InChI=1S/C21H19N3O4/c1-13(19-22-23-20(28-19)14-8-10-15(26-3)11-9-14)27-21(25)17-12-24(2)18-7-5-4-6-16(17)18/h4-13H,1-3H3. The molecule has 0 bridgehead atoms. The smallest absolute Gasteiger partial charge is 0.341 e. The Morgan fingerprint density at radius 3 is 2.61 bits per heavy atom. The molecule has 142 valence electrons. The Morgan fingerprint density at radius 1 is 1.11 bits per heavy atom. The second-order valence-electron chi connectivity index (χ2n) is 6.39. The number of aryl methyl sites for hydroxylation is 1. The zero-order chi connectivity index (χ0) is 19.7. The number of ether oxygens (including phenoxy) is 2. The molecule has 7 heteroatoms. The first kappa shape index (κ1) is 17.8. The summed E-state index contributed by atoms with van der Waals surface area (Å²) < 4.78 is 18.3. The molecule has 0 saturated carbocycles. The lowest BCUT2D eigenvalue weighted by molar-refractivity contribution is 0.0282. The van der Waals surface area contributed by atoms with Crippen LogP contribution in [0.4, 0.5) is 0 Å². The zero-order valence-electron chi connectivity index (χ0n) is 15.7. The Bertz CT molecular complexity index is 1130. The van der Waals surface area contributed by atoms with Gasteiger partial charge in [0.05, 0.1) is 12.7 Å². The number of methoxy groups -OCH3 is 1. The van der Waals surface area contributed by atoms with Crippen molar-refractivity contribution in [1.29, 1.82) is 0 Å². The van der Waals surface area contributed by atoms with E-state index in [1.54, 1.807) is 20.2 Å². The summed E-state index contributed by atoms with van der Waals surface area (Å²) in [6.07, 6.45) is 1.09. The molecule has 2 heterocycles. The van der Waals surface area contributed by atoms with Crippen LogP contribution in [0.15, 0.2) is 59.1 Å². The molecule has 0 saturated heterocycles. The minimum atomic E-state index is -0.675. The summed E-state index contributed by atoms with van der Waals surface area (Å²) in [6, 6.07) is 14.9. The number of esters is 1. The molecule has 28 heavy (non-hydrogen) atoms. The van der Waals surface area contributed by atoms with Crippen LogP contribution in [-0.4, -0.2) is 27.8 Å². The fourth-order valence-electron chi connectivity index (χ4n) is 3.03. The first-order valence-corrected chi connectivity index (χ1v) is 8.79. The van der Waals surface area contributed by atoms with Gasteiger partial charge in [0, 0.05) is 29.7 Å². The van der Waals surface area contributed by atoms with Gasteiger partial charge in [-0.3, -0.25) is 0 Å². The predicted octanol–water partition coefficient (Wildman–Crippen LogP) is 4.15. The van der Waals surface area contributed by atoms with E-state index in [1.807, 2.05) is 60.1 Å². The van der Waals surface area contributed by atoms with Gasteiger partial charge in [0.25, 0.3) is 5.89 Å². The lowest BCUT2D eigenvalue weighted by Gasteiger charge is -2.08. The first-order valence-electron chi connectivity index (χ1n) is 8.79. The molecule has 7 nitrogen and oxygen atoms in total. The summed E-state index contributed by atoms with van der Waals surface area (Å²) in [7, 11) is 3.49. The molecule has 0 aliphatic carbocycles. The number of aromatic nitrogens is 3. The van der Waals surface area contributed by atoms with E-state index in [0.29, 0.717) is 11.5 Å². The van der Waals surface area contributed by atoms with Gasteiger partial charge in [0.1, 0.15) is 5.75 Å². The Kier molecular flexibility index (Phi) is 4.57. The van der Waals surface area contributed by atoms with Crippen LogP contribution < -0.4 is 4.74 Å². The van der Waals surface area contributed by atoms with Gasteiger partial charge in [0.2, 0.25) is 5.89 Å². The van der Waals surface area contributed by atoms with Crippen LogP contribution in [-0.2, 0) is 11.8 Å². The molecule has 0 N–H and O–H groups in total. The van der Waals surface area contributed by atoms with Crippen LogP contribution in [0.1, 0.15) is 29.3 Å². The average Bonchev–Trinajstić information content (AvgIpc) is 3.34. The number of hydrogen-bond acceptors (Lipinski definition) is 6. The molecule has 4 aromatic rings. The SMILES string of the molecule is COc1ccc(-c2nnc(C(C)OC(=O)c3cn(C)c4ccccc34)o2)cc1. The second-order valence-corrected chi connectivity index (χ2v) is 6.39. The number of fused-ring (bicyclic) bond motifs is 1. The largest absolute Gasteiger partial charge is 0.497 e. The van der Waals surface area contributed by atoms with Gasteiger partial charge in [-0.05, 0) is 37.3 Å². The molecule has 0 radical (unpaired) electrons. The molecule has 1 atom stereocenters. The topological polar surface area (TPSA) is 79.4 Å². The monoisotopic (exact) mass is 377 g/mol. The fourth-order valence-corrected chi connectivity index (χ4v) is 3.03. The van der Waals surface area contributed by atoms with Crippen molar-refractivity contribution in [2.24, 2.45) is 7.05 Å². The number of carbonyl (C=O) groups excluding carboxylic acids is 1. The van der Waals surface area contributed by atoms with Gasteiger partial charge < -0.3 is 18.5 Å². The molecular weight excluding hydrogens is 358 g/mol. The maximum atomic E-state index is 12.7. The maximum Gasteiger partial charge on any atom is 0.341 e. The van der Waals surface area contributed by atoms with Crippen molar-refractivity contribution in [3.63, 3.8) is 0 Å².